The van der Waals surface area contributed by atoms with Gasteiger partial charge in [-0.2, -0.15) is 30.7 Å². The molecule has 0 bridgehead atoms. The fraction of sp³-hybridized carbons (Fsp3) is 1.00. The van der Waals surface area contributed by atoms with Gasteiger partial charge in [0, 0.05) is 0 Å². The second kappa shape index (κ2) is 5.47. The Bertz CT molecular complexity index is 361. The minimum atomic E-state index is -6.66. The van der Waals surface area contributed by atoms with Crippen LogP contribution in [0.1, 0.15) is 41.5 Å². The molecule has 0 aromatic heterocycles. The van der Waals surface area contributed by atoms with Gasteiger partial charge in [-0.15, -0.1) is 0 Å². The lowest BCUT2D eigenvalue weighted by Crippen LogP contribution is -2.69. The van der Waals surface area contributed by atoms with Gasteiger partial charge in [0.05, 0.1) is 11.2 Å². The molecule has 0 aliphatic carbocycles. The second-order valence-corrected chi connectivity index (χ2v) is 6.62. The van der Waals surface area contributed by atoms with Crippen molar-refractivity contribution in [2.75, 3.05) is 0 Å². The van der Waals surface area contributed by atoms with Crippen LogP contribution in [-0.2, 0) is 9.47 Å². The van der Waals surface area contributed by atoms with E-state index in [4.69, 9.17) is 0 Å². The van der Waals surface area contributed by atoms with Gasteiger partial charge in [0.15, 0.2) is 0 Å². The summed E-state index contributed by atoms with van der Waals surface area (Å²) in [6, 6.07) is 0. The van der Waals surface area contributed by atoms with Crippen molar-refractivity contribution in [1.82, 2.24) is 0 Å². The highest BCUT2D eigenvalue weighted by Gasteiger charge is 2.86. The molecule has 0 saturated carbocycles. The smallest absolute Gasteiger partial charge is 0.312 e. The first-order chi connectivity index (χ1) is 9.16. The molecule has 0 aliphatic rings. The van der Waals surface area contributed by atoms with E-state index >= 15 is 0 Å². The van der Waals surface area contributed by atoms with Gasteiger partial charge in [0.1, 0.15) is 0 Å². The topological polar surface area (TPSA) is 18.5 Å². The van der Waals surface area contributed by atoms with Crippen LogP contribution in [0.3, 0.4) is 0 Å². The molecule has 0 unspecified atom stereocenters. The molecule has 0 fully saturated rings. The summed E-state index contributed by atoms with van der Waals surface area (Å²) in [5, 5.41) is 0. The van der Waals surface area contributed by atoms with Gasteiger partial charge in [-0.25, -0.2) is 4.39 Å². The van der Waals surface area contributed by atoms with Gasteiger partial charge in [-0.3, -0.25) is 0 Å². The molecule has 0 spiro atoms. The summed E-state index contributed by atoms with van der Waals surface area (Å²) in [6.07, 6.45) is -18.4. The zero-order valence-electron chi connectivity index (χ0n) is 12.8. The molecule has 0 atom stereocenters. The zero-order chi connectivity index (χ0) is 18.4. The van der Waals surface area contributed by atoms with Crippen molar-refractivity contribution in [3.63, 3.8) is 0 Å². The minimum absolute atomic E-state index is 0.862. The van der Waals surface area contributed by atoms with Crippen molar-refractivity contribution in [3.05, 3.63) is 0 Å². The lowest BCUT2D eigenvalue weighted by molar-refractivity contribution is -0.487. The van der Waals surface area contributed by atoms with E-state index < -0.39 is 35.3 Å². The molecule has 0 aliphatic heterocycles. The molecule has 22 heavy (non-hydrogen) atoms. The van der Waals surface area contributed by atoms with Gasteiger partial charge >= 0.3 is 24.1 Å². The number of rotatable bonds is 4. The van der Waals surface area contributed by atoms with E-state index in [9.17, 15) is 35.1 Å². The number of hydrogen-bond donors (Lipinski definition) is 0. The normalized spacial score (nSPS) is 16.1. The van der Waals surface area contributed by atoms with E-state index in [1.165, 1.54) is 0 Å². The SMILES string of the molecule is CC(C)(C)OC(F)(F)C(F)(C(F)(F)F)C(F)(F)OC(C)(C)C. The molecule has 2 nitrogen and oxygen atoms in total. The third-order valence-electron chi connectivity index (χ3n) is 2.06. The molecule has 0 aromatic rings. The summed E-state index contributed by atoms with van der Waals surface area (Å²) in [4.78, 5) is 0. The Morgan fingerprint density at radius 1 is 0.500 bits per heavy atom. The summed E-state index contributed by atoms with van der Waals surface area (Å²) in [7, 11) is 0. The highest BCUT2D eigenvalue weighted by Crippen LogP contribution is 2.56. The monoisotopic (exact) mass is 346 g/mol. The molecule has 0 aromatic carbocycles. The third-order valence-corrected chi connectivity index (χ3v) is 2.06. The third kappa shape index (κ3) is 4.43. The van der Waals surface area contributed by atoms with Crippen molar-refractivity contribution < 1.29 is 44.6 Å². The summed E-state index contributed by atoms with van der Waals surface area (Å²) in [6.45, 7) is 5.17. The van der Waals surface area contributed by atoms with Crippen LogP contribution in [-0.4, -0.2) is 35.3 Å². The first-order valence-corrected chi connectivity index (χ1v) is 6.08. The van der Waals surface area contributed by atoms with Gasteiger partial charge < -0.3 is 9.47 Å². The number of halogens is 8. The molecular weight excluding hydrogens is 328 g/mol. The predicted molar refractivity (Wildman–Crippen MR) is 61.5 cm³/mol. The van der Waals surface area contributed by atoms with Crippen molar-refractivity contribution in [1.29, 1.82) is 0 Å². The largest absolute Gasteiger partial charge is 0.440 e. The maximum Gasteiger partial charge on any atom is 0.440 e. The van der Waals surface area contributed by atoms with Crippen molar-refractivity contribution >= 4 is 0 Å². The van der Waals surface area contributed by atoms with Crippen LogP contribution in [0.25, 0.3) is 0 Å². The van der Waals surface area contributed by atoms with E-state index in [1.54, 1.807) is 0 Å². The van der Waals surface area contributed by atoms with Crippen molar-refractivity contribution in [2.45, 2.75) is 76.8 Å². The van der Waals surface area contributed by atoms with Gasteiger partial charge in [0.25, 0.3) is 0 Å². The van der Waals surface area contributed by atoms with E-state index in [0.717, 1.165) is 41.5 Å². The fourth-order valence-corrected chi connectivity index (χ4v) is 1.41. The van der Waals surface area contributed by atoms with Crippen LogP contribution in [0.4, 0.5) is 35.1 Å². The minimum Gasteiger partial charge on any atom is -0.312 e. The average Bonchev–Trinajstić information content (AvgIpc) is 2.05. The zero-order valence-corrected chi connectivity index (χ0v) is 12.8. The molecule has 0 N–H and O–H groups in total. The van der Waals surface area contributed by atoms with Crippen LogP contribution in [0.15, 0.2) is 0 Å². The summed E-state index contributed by atoms with van der Waals surface area (Å²) in [5.74, 6) is 0. The lowest BCUT2D eigenvalue weighted by Gasteiger charge is -2.42. The van der Waals surface area contributed by atoms with Crippen LogP contribution < -0.4 is 0 Å². The molecule has 10 heteroatoms. The summed E-state index contributed by atoms with van der Waals surface area (Å²) in [5.41, 5.74) is -10.4. The molecule has 0 heterocycles. The Balaban J connectivity index is 6.11. The van der Waals surface area contributed by atoms with Crippen LogP contribution in [0.5, 0.6) is 0 Å². The van der Waals surface area contributed by atoms with Gasteiger partial charge in [-0.1, -0.05) is 0 Å². The van der Waals surface area contributed by atoms with Crippen LogP contribution >= 0.6 is 0 Å². The lowest BCUT2D eigenvalue weighted by atomic mass is 10.0. The second-order valence-electron chi connectivity index (χ2n) is 6.62. The Kier molecular flexibility index (Phi) is 5.31. The standard InChI is InChI=1S/C12H18F8O2/c1-7(2,3)21-11(17,18)9(13,10(14,15)16)12(19,20)22-8(4,5)6/h1-6H3. The van der Waals surface area contributed by atoms with E-state index in [2.05, 4.69) is 9.47 Å². The van der Waals surface area contributed by atoms with Crippen molar-refractivity contribution in [2.24, 2.45) is 0 Å². The highest BCUT2D eigenvalue weighted by atomic mass is 19.4. The number of ether oxygens (including phenoxy) is 2. The Morgan fingerprint density at radius 2 is 0.727 bits per heavy atom. The number of alkyl halides is 8. The summed E-state index contributed by atoms with van der Waals surface area (Å²) < 4.78 is 114. The Labute approximate surface area is 122 Å². The predicted octanol–water partition coefficient (Wildman–Crippen LogP) is 5.07. The van der Waals surface area contributed by atoms with Gasteiger partial charge in [-0.05, 0) is 41.5 Å². The van der Waals surface area contributed by atoms with Crippen LogP contribution in [0, 0.1) is 0 Å². The molecule has 0 saturated heterocycles. The maximum atomic E-state index is 14.0. The molecule has 0 rings (SSSR count). The maximum absolute atomic E-state index is 14.0. The quantitative estimate of drug-likeness (QED) is 0.662. The van der Waals surface area contributed by atoms with Gasteiger partial charge in [0.2, 0.25) is 0 Å². The van der Waals surface area contributed by atoms with Crippen molar-refractivity contribution in [3.8, 4) is 0 Å². The van der Waals surface area contributed by atoms with E-state index in [-0.39, 0.29) is 0 Å². The molecule has 0 radical (unpaired) electrons. The average molecular weight is 346 g/mol. The first kappa shape index (κ1) is 21.4. The summed E-state index contributed by atoms with van der Waals surface area (Å²) >= 11 is 0. The fourth-order valence-electron chi connectivity index (χ4n) is 1.41. The highest BCUT2D eigenvalue weighted by molar-refractivity contribution is 5.03. The molecule has 0 amide bonds. The Hall–Kier alpha value is -0.640. The Morgan fingerprint density at radius 3 is 0.864 bits per heavy atom. The van der Waals surface area contributed by atoms with E-state index in [0.29, 0.717) is 0 Å². The molecular formula is C12H18F8O2. The molecule has 134 valence electrons. The number of hydrogen-bond acceptors (Lipinski definition) is 2. The van der Waals surface area contributed by atoms with E-state index in [1.807, 2.05) is 0 Å². The van der Waals surface area contributed by atoms with Crippen LogP contribution in [0.2, 0.25) is 0 Å². The first-order valence-electron chi connectivity index (χ1n) is 6.08.